The Bertz CT molecular complexity index is 563. The summed E-state index contributed by atoms with van der Waals surface area (Å²) in [5, 5.41) is 14.9. The van der Waals surface area contributed by atoms with Gasteiger partial charge in [0.2, 0.25) is 8.32 Å². The topological polar surface area (TPSA) is 96.7 Å². The molecule has 0 bridgehead atoms. The first-order chi connectivity index (χ1) is 10.9. The van der Waals surface area contributed by atoms with Crippen molar-refractivity contribution in [2.24, 2.45) is 5.11 Å². The Balaban J connectivity index is 2.30. The van der Waals surface area contributed by atoms with Crippen LogP contribution in [0.1, 0.15) is 6.92 Å². The van der Waals surface area contributed by atoms with Gasteiger partial charge in [0.1, 0.15) is 12.1 Å². The highest BCUT2D eigenvalue weighted by atomic mass is 28.4. The monoisotopic (exact) mass is 337 g/mol. The van der Waals surface area contributed by atoms with Crippen molar-refractivity contribution in [2.75, 3.05) is 7.11 Å². The Morgan fingerprint density at radius 1 is 1.35 bits per heavy atom. The minimum absolute atomic E-state index is 0.558. The lowest BCUT2D eigenvalue weighted by Gasteiger charge is -2.32. The maximum Gasteiger partial charge on any atom is 0.218 e. The van der Waals surface area contributed by atoms with Gasteiger partial charge in [0.05, 0.1) is 12.2 Å². The van der Waals surface area contributed by atoms with E-state index in [1.54, 1.807) is 6.92 Å². The Morgan fingerprint density at radius 3 is 2.52 bits per heavy atom. The average molecular weight is 337 g/mol. The van der Waals surface area contributed by atoms with Crippen LogP contribution in [0.5, 0.6) is 0 Å². The van der Waals surface area contributed by atoms with Gasteiger partial charge in [-0.2, -0.15) is 0 Å². The number of azide groups is 1. The fraction of sp³-hybridized carbons (Fsp3) is 0.600. The number of hydrogen-bond donors (Lipinski definition) is 1. The highest BCUT2D eigenvalue weighted by molar-refractivity contribution is 6.84. The summed E-state index contributed by atoms with van der Waals surface area (Å²) < 4.78 is 17.3. The van der Waals surface area contributed by atoms with Gasteiger partial charge in [-0.05, 0) is 30.7 Å². The first kappa shape index (κ1) is 17.9. The predicted octanol–water partition coefficient (Wildman–Crippen LogP) is 1.91. The van der Waals surface area contributed by atoms with E-state index in [1.165, 1.54) is 7.11 Å². The van der Waals surface area contributed by atoms with Crippen molar-refractivity contribution in [3.8, 4) is 0 Å². The zero-order valence-electron chi connectivity index (χ0n) is 13.8. The predicted molar refractivity (Wildman–Crippen MR) is 88.7 cm³/mol. The van der Waals surface area contributed by atoms with Crippen molar-refractivity contribution in [2.45, 2.75) is 50.7 Å². The third-order valence-corrected chi connectivity index (χ3v) is 6.61. The molecule has 0 spiro atoms. The summed E-state index contributed by atoms with van der Waals surface area (Å²) in [6.45, 7) is 5.76. The van der Waals surface area contributed by atoms with Gasteiger partial charge in [-0.3, -0.25) is 0 Å². The summed E-state index contributed by atoms with van der Waals surface area (Å²) >= 11 is 0. The second kappa shape index (κ2) is 7.44. The van der Waals surface area contributed by atoms with Gasteiger partial charge in [-0.25, -0.2) is 0 Å². The molecule has 1 aromatic carbocycles. The molecule has 126 valence electrons. The van der Waals surface area contributed by atoms with Crippen LogP contribution in [0.3, 0.4) is 0 Å². The number of hydrogen-bond acceptors (Lipinski definition) is 5. The van der Waals surface area contributed by atoms with Crippen LogP contribution in [0.2, 0.25) is 13.1 Å². The molecule has 1 saturated heterocycles. The van der Waals surface area contributed by atoms with Crippen LogP contribution in [0.15, 0.2) is 35.4 Å². The van der Waals surface area contributed by atoms with E-state index < -0.39 is 39.0 Å². The molecule has 0 radical (unpaired) electrons. The van der Waals surface area contributed by atoms with E-state index >= 15 is 0 Å². The minimum atomic E-state index is -2.28. The standard InChI is InChI=1S/C15H23N3O4Si/c1-10(19)13-14(12(17-18-16)15(20-2)21-13)22-23(3,4)11-8-6-5-7-9-11/h5-10,12-15,19H,1-4H3/t10-,12+,13+,14-,15?/m0/s1. The first-order valence-corrected chi connectivity index (χ1v) is 10.5. The normalized spacial score (nSPS) is 29.1. The van der Waals surface area contributed by atoms with Gasteiger partial charge in [0.25, 0.3) is 0 Å². The molecule has 1 N–H and O–H groups in total. The summed E-state index contributed by atoms with van der Waals surface area (Å²) in [6, 6.07) is 9.29. The Kier molecular flexibility index (Phi) is 5.80. The van der Waals surface area contributed by atoms with Crippen LogP contribution in [-0.4, -0.2) is 51.2 Å². The van der Waals surface area contributed by atoms with Crippen molar-refractivity contribution in [1.82, 2.24) is 0 Å². The van der Waals surface area contributed by atoms with E-state index in [0.717, 1.165) is 5.19 Å². The van der Waals surface area contributed by atoms with Crippen molar-refractivity contribution in [3.63, 3.8) is 0 Å². The molecule has 1 unspecified atom stereocenters. The first-order valence-electron chi connectivity index (χ1n) is 7.54. The number of benzene rings is 1. The highest BCUT2D eigenvalue weighted by Gasteiger charge is 2.49. The molecule has 1 aromatic rings. The van der Waals surface area contributed by atoms with E-state index in [4.69, 9.17) is 19.4 Å². The molecule has 5 atom stereocenters. The molecule has 0 aromatic heterocycles. The summed E-state index contributed by atoms with van der Waals surface area (Å²) in [5.74, 6) is 0. The molecule has 1 aliphatic rings. The average Bonchev–Trinajstić information content (AvgIpc) is 2.86. The molecule has 0 amide bonds. The molecule has 7 nitrogen and oxygen atoms in total. The highest BCUT2D eigenvalue weighted by Crippen LogP contribution is 2.31. The van der Waals surface area contributed by atoms with Crippen LogP contribution in [0, 0.1) is 0 Å². The molecule has 1 fully saturated rings. The fourth-order valence-corrected chi connectivity index (χ4v) is 4.89. The third kappa shape index (κ3) is 3.92. The zero-order valence-corrected chi connectivity index (χ0v) is 14.8. The van der Waals surface area contributed by atoms with Crippen LogP contribution in [-0.2, 0) is 13.9 Å². The maximum atomic E-state index is 10.0. The molecule has 2 rings (SSSR count). The molecule has 1 aliphatic heterocycles. The molecular formula is C15H23N3O4Si. The van der Waals surface area contributed by atoms with E-state index in [-0.39, 0.29) is 0 Å². The van der Waals surface area contributed by atoms with Crippen LogP contribution >= 0.6 is 0 Å². The number of nitrogens with zero attached hydrogens (tertiary/aromatic N) is 3. The van der Waals surface area contributed by atoms with Crippen LogP contribution in [0.4, 0.5) is 0 Å². The van der Waals surface area contributed by atoms with E-state index in [9.17, 15) is 5.11 Å². The lowest BCUT2D eigenvalue weighted by atomic mass is 10.1. The number of rotatable bonds is 6. The fourth-order valence-electron chi connectivity index (χ4n) is 2.81. The quantitative estimate of drug-likeness (QED) is 0.371. The maximum absolute atomic E-state index is 10.0. The van der Waals surface area contributed by atoms with Crippen molar-refractivity contribution in [3.05, 3.63) is 40.8 Å². The van der Waals surface area contributed by atoms with E-state index in [1.807, 2.05) is 30.3 Å². The van der Waals surface area contributed by atoms with Crippen LogP contribution < -0.4 is 5.19 Å². The SMILES string of the molecule is COC1O[C@H]([C@H](C)O)[C@@H](O[Si](C)(C)c2ccccc2)[C@H]1N=[N+]=[N-]. The molecule has 8 heteroatoms. The molecule has 23 heavy (non-hydrogen) atoms. The van der Waals surface area contributed by atoms with Crippen LogP contribution in [0.25, 0.3) is 10.4 Å². The number of ether oxygens (including phenoxy) is 2. The summed E-state index contributed by atoms with van der Waals surface area (Å²) in [7, 11) is -0.797. The summed E-state index contributed by atoms with van der Waals surface area (Å²) in [4.78, 5) is 2.88. The molecular weight excluding hydrogens is 314 g/mol. The van der Waals surface area contributed by atoms with Gasteiger partial charge in [0, 0.05) is 12.0 Å². The third-order valence-electron chi connectivity index (χ3n) is 4.02. The van der Waals surface area contributed by atoms with Gasteiger partial charge < -0.3 is 19.0 Å². The molecule has 0 saturated carbocycles. The van der Waals surface area contributed by atoms with E-state index in [0.29, 0.717) is 0 Å². The Hall–Kier alpha value is -1.41. The second-order valence-corrected chi connectivity index (χ2v) is 9.93. The summed E-state index contributed by atoms with van der Waals surface area (Å²) in [6.07, 6.45) is -2.66. The Morgan fingerprint density at radius 2 is 2.00 bits per heavy atom. The van der Waals surface area contributed by atoms with Crippen molar-refractivity contribution in [1.29, 1.82) is 0 Å². The van der Waals surface area contributed by atoms with Crippen molar-refractivity contribution >= 4 is 13.5 Å². The van der Waals surface area contributed by atoms with Gasteiger partial charge in [-0.1, -0.05) is 35.4 Å². The lowest BCUT2D eigenvalue weighted by Crippen LogP contribution is -2.52. The largest absolute Gasteiger partial charge is 0.407 e. The zero-order chi connectivity index (χ0) is 17.0. The minimum Gasteiger partial charge on any atom is -0.407 e. The lowest BCUT2D eigenvalue weighted by molar-refractivity contribution is -0.143. The number of aliphatic hydroxyl groups is 1. The molecule has 0 aliphatic carbocycles. The van der Waals surface area contributed by atoms with E-state index in [2.05, 4.69) is 23.1 Å². The number of aliphatic hydroxyl groups excluding tert-OH is 1. The second-order valence-electron chi connectivity index (χ2n) is 6.10. The van der Waals surface area contributed by atoms with Gasteiger partial charge in [-0.15, -0.1) is 0 Å². The van der Waals surface area contributed by atoms with Crippen molar-refractivity contribution < 1.29 is 19.0 Å². The number of methoxy groups -OCH3 is 1. The smallest absolute Gasteiger partial charge is 0.218 e. The van der Waals surface area contributed by atoms with Gasteiger partial charge >= 0.3 is 0 Å². The van der Waals surface area contributed by atoms with Gasteiger partial charge in [0.15, 0.2) is 6.29 Å². The molecule has 1 heterocycles. The Labute approximate surface area is 136 Å². The summed E-state index contributed by atoms with van der Waals surface area (Å²) in [5.41, 5.74) is 8.84.